The van der Waals surface area contributed by atoms with Crippen LogP contribution in [0.5, 0.6) is 0 Å². The summed E-state index contributed by atoms with van der Waals surface area (Å²) in [6.07, 6.45) is 6.30. The Hall–Kier alpha value is -3.43. The molecule has 0 radical (unpaired) electrons. The van der Waals surface area contributed by atoms with Gasteiger partial charge in [-0.15, -0.1) is 0 Å². The number of benzene rings is 3. The number of rotatable bonds is 4. The van der Waals surface area contributed by atoms with E-state index in [1.54, 1.807) is 0 Å². The average molecular weight is 587 g/mol. The van der Waals surface area contributed by atoms with Crippen molar-refractivity contribution in [2.75, 3.05) is 6.61 Å². The van der Waals surface area contributed by atoms with Crippen molar-refractivity contribution in [1.29, 1.82) is 0 Å². The van der Waals surface area contributed by atoms with Crippen LogP contribution < -0.4 is 4.57 Å². The summed E-state index contributed by atoms with van der Waals surface area (Å²) in [5, 5.41) is 2.67. The molecule has 7 rings (SSSR count). The summed E-state index contributed by atoms with van der Waals surface area (Å²) in [6.45, 7) is 19.2. The number of nitrogens with zero attached hydrogens (tertiary/aromatic N) is 1. The Labute approximate surface area is 263 Å². The molecule has 0 spiro atoms. The van der Waals surface area contributed by atoms with Crippen LogP contribution in [0.2, 0.25) is 0 Å². The molecule has 4 aromatic rings. The van der Waals surface area contributed by atoms with Crippen LogP contribution in [0.15, 0.2) is 78.7 Å². The number of ether oxygens (including phenoxy) is 2. The third kappa shape index (κ3) is 4.45. The zero-order valence-corrected chi connectivity index (χ0v) is 27.9. The molecule has 3 heteroatoms. The fourth-order valence-electron chi connectivity index (χ4n) is 7.79. The standard InChI is InChI=1S/C41H48NO2/c1-9-39(3,4)36-24-37(40(5,6)10-2)44-35(25-43-36)34-22-27-21-31-29-19-18-26-15-11-12-16-28(26)38(29)41(7,8)32(31)23-30(27)33-17-13-14-20-42(33)34/h11-21,23,36-37H,9-10,22,24-25H2,1-8H3/q+1/b35-34+. The molecular weight excluding hydrogens is 538 g/mol. The molecule has 1 aromatic heterocycles. The van der Waals surface area contributed by atoms with Gasteiger partial charge in [-0.2, -0.15) is 4.57 Å². The summed E-state index contributed by atoms with van der Waals surface area (Å²) < 4.78 is 16.3. The van der Waals surface area contributed by atoms with E-state index in [0.717, 1.165) is 31.4 Å². The largest absolute Gasteiger partial charge is 0.485 e. The minimum atomic E-state index is -0.0861. The molecule has 1 saturated heterocycles. The Bertz CT molecular complexity index is 1810. The maximum absolute atomic E-state index is 7.11. The lowest BCUT2D eigenvalue weighted by Gasteiger charge is -2.38. The maximum Gasteiger partial charge on any atom is 0.232 e. The molecule has 0 N–H and O–H groups in total. The zero-order chi connectivity index (χ0) is 31.0. The Morgan fingerprint density at radius 2 is 1.55 bits per heavy atom. The number of hydrogen-bond acceptors (Lipinski definition) is 2. The van der Waals surface area contributed by atoms with Crippen LogP contribution in [0.3, 0.4) is 0 Å². The van der Waals surface area contributed by atoms with Crippen molar-refractivity contribution in [3.05, 3.63) is 95.4 Å². The summed E-state index contributed by atoms with van der Waals surface area (Å²) in [7, 11) is 0. The molecule has 3 aromatic carbocycles. The molecule has 228 valence electrons. The molecule has 3 nitrogen and oxygen atoms in total. The average Bonchev–Trinajstić information content (AvgIpc) is 3.15. The van der Waals surface area contributed by atoms with Crippen molar-refractivity contribution in [3.63, 3.8) is 0 Å². The number of allylic oxidation sites excluding steroid dienone is 1. The van der Waals surface area contributed by atoms with E-state index in [-0.39, 0.29) is 28.5 Å². The smallest absolute Gasteiger partial charge is 0.232 e. The van der Waals surface area contributed by atoms with Gasteiger partial charge in [0.05, 0.1) is 18.1 Å². The normalized spacial score (nSPS) is 22.5. The Kier molecular flexibility index (Phi) is 6.86. The van der Waals surface area contributed by atoms with Crippen molar-refractivity contribution < 1.29 is 14.0 Å². The van der Waals surface area contributed by atoms with Crippen LogP contribution in [0.1, 0.15) is 91.3 Å². The van der Waals surface area contributed by atoms with Crippen molar-refractivity contribution in [2.45, 2.75) is 98.7 Å². The highest BCUT2D eigenvalue weighted by Gasteiger charge is 2.44. The quantitative estimate of drug-likeness (QED) is 0.222. The van der Waals surface area contributed by atoms with Crippen LogP contribution in [0.4, 0.5) is 0 Å². The molecule has 1 aliphatic carbocycles. The predicted octanol–water partition coefficient (Wildman–Crippen LogP) is 9.87. The topological polar surface area (TPSA) is 22.3 Å². The zero-order valence-electron chi connectivity index (χ0n) is 27.9. The van der Waals surface area contributed by atoms with Crippen LogP contribution in [0.25, 0.3) is 38.9 Å². The van der Waals surface area contributed by atoms with Gasteiger partial charge in [0.15, 0.2) is 12.0 Å². The highest BCUT2D eigenvalue weighted by atomic mass is 16.6. The molecule has 2 atom stereocenters. The monoisotopic (exact) mass is 586 g/mol. The van der Waals surface area contributed by atoms with Crippen LogP contribution >= 0.6 is 0 Å². The fraction of sp³-hybridized carbons (Fsp3) is 0.439. The van der Waals surface area contributed by atoms with E-state index in [2.05, 4.69) is 133 Å². The van der Waals surface area contributed by atoms with Gasteiger partial charge in [-0.05, 0) is 75.0 Å². The van der Waals surface area contributed by atoms with E-state index < -0.39 is 0 Å². The van der Waals surface area contributed by atoms with Crippen molar-refractivity contribution in [3.8, 4) is 22.4 Å². The van der Waals surface area contributed by atoms with Gasteiger partial charge in [0.2, 0.25) is 11.4 Å². The SMILES string of the molecule is CCC(C)(C)C1CC(C(C)(C)CC)O/C(=C2\Cc3cc4c(cc3-c3cccc[n+]32)C(C)(C)c2c-4ccc3ccccc23)CO1. The van der Waals surface area contributed by atoms with Crippen LogP contribution in [-0.2, 0) is 21.3 Å². The molecule has 3 aliphatic rings. The highest BCUT2D eigenvalue weighted by molar-refractivity contribution is 5.98. The van der Waals surface area contributed by atoms with Crippen LogP contribution in [0, 0.1) is 10.8 Å². The van der Waals surface area contributed by atoms with E-state index in [0.29, 0.717) is 6.61 Å². The van der Waals surface area contributed by atoms with Crippen molar-refractivity contribution in [1.82, 2.24) is 0 Å². The first-order valence-corrected chi connectivity index (χ1v) is 16.7. The fourth-order valence-corrected chi connectivity index (χ4v) is 7.79. The summed E-state index contributed by atoms with van der Waals surface area (Å²) in [4.78, 5) is 0. The first-order chi connectivity index (χ1) is 21.0. The van der Waals surface area contributed by atoms with Gasteiger partial charge in [-0.1, -0.05) is 91.8 Å². The molecule has 2 unspecified atom stereocenters. The lowest BCUT2D eigenvalue weighted by Crippen LogP contribution is -2.41. The minimum Gasteiger partial charge on any atom is -0.485 e. The van der Waals surface area contributed by atoms with E-state index in [1.165, 1.54) is 55.5 Å². The number of fused-ring (bicyclic) bond motifs is 8. The third-order valence-corrected chi connectivity index (χ3v) is 11.6. The molecule has 44 heavy (non-hydrogen) atoms. The van der Waals surface area contributed by atoms with Gasteiger partial charge in [0, 0.05) is 29.4 Å². The summed E-state index contributed by atoms with van der Waals surface area (Å²) in [6, 6.07) is 25.0. The Morgan fingerprint density at radius 3 is 2.32 bits per heavy atom. The minimum absolute atomic E-state index is 0.0389. The summed E-state index contributed by atoms with van der Waals surface area (Å²) >= 11 is 0. The lowest BCUT2D eigenvalue weighted by molar-refractivity contribution is -0.574. The number of aromatic nitrogens is 1. The van der Waals surface area contributed by atoms with Gasteiger partial charge in [-0.25, -0.2) is 0 Å². The summed E-state index contributed by atoms with van der Waals surface area (Å²) in [5.41, 5.74) is 10.8. The Balaban J connectivity index is 1.39. The van der Waals surface area contributed by atoms with E-state index >= 15 is 0 Å². The molecule has 0 amide bonds. The van der Waals surface area contributed by atoms with Gasteiger partial charge in [0.25, 0.3) is 0 Å². The molecule has 0 bridgehead atoms. The third-order valence-electron chi connectivity index (χ3n) is 11.6. The van der Waals surface area contributed by atoms with Crippen LogP contribution in [-0.4, -0.2) is 18.8 Å². The van der Waals surface area contributed by atoms with Gasteiger partial charge >= 0.3 is 0 Å². The molecular formula is C41H48NO2+. The molecule has 2 aliphatic heterocycles. The molecule has 0 saturated carbocycles. The second-order valence-electron chi connectivity index (χ2n) is 15.2. The predicted molar refractivity (Wildman–Crippen MR) is 181 cm³/mol. The number of pyridine rings is 1. The molecule has 1 fully saturated rings. The van der Waals surface area contributed by atoms with E-state index in [9.17, 15) is 0 Å². The second kappa shape index (κ2) is 10.3. The van der Waals surface area contributed by atoms with Crippen molar-refractivity contribution in [2.24, 2.45) is 10.8 Å². The first-order valence-electron chi connectivity index (χ1n) is 16.7. The van der Waals surface area contributed by atoms with Crippen molar-refractivity contribution >= 4 is 16.5 Å². The maximum atomic E-state index is 7.11. The highest BCUT2D eigenvalue weighted by Crippen LogP contribution is 2.53. The molecule has 3 heterocycles. The lowest BCUT2D eigenvalue weighted by atomic mass is 9.75. The first kappa shape index (κ1) is 29.3. The second-order valence-corrected chi connectivity index (χ2v) is 15.2. The Morgan fingerprint density at radius 1 is 0.818 bits per heavy atom. The summed E-state index contributed by atoms with van der Waals surface area (Å²) in [5.74, 6) is 0.987. The van der Waals surface area contributed by atoms with E-state index in [4.69, 9.17) is 9.47 Å². The van der Waals surface area contributed by atoms with Gasteiger partial charge < -0.3 is 9.47 Å². The number of hydrogen-bond donors (Lipinski definition) is 0. The van der Waals surface area contributed by atoms with Gasteiger partial charge in [0.1, 0.15) is 12.7 Å². The van der Waals surface area contributed by atoms with Gasteiger partial charge in [-0.3, -0.25) is 0 Å². The van der Waals surface area contributed by atoms with E-state index in [1.807, 2.05) is 0 Å².